The number of thiophene rings is 2. The summed E-state index contributed by atoms with van der Waals surface area (Å²) in [5.74, 6) is 0. The summed E-state index contributed by atoms with van der Waals surface area (Å²) in [6, 6.07) is 11.7. The van der Waals surface area contributed by atoms with Gasteiger partial charge in [0.05, 0.1) is 20.0 Å². The van der Waals surface area contributed by atoms with Crippen LogP contribution in [0.15, 0.2) is 56.9 Å². The minimum atomic E-state index is -3.90. The molecule has 0 saturated heterocycles. The van der Waals surface area contributed by atoms with Crippen molar-refractivity contribution in [1.29, 1.82) is 0 Å². The molecular formula is C14H10Cl2N2O4S4. The molecule has 3 rings (SSSR count). The normalized spacial score (nSPS) is 12.1. The Morgan fingerprint density at radius 2 is 1.04 bits per heavy atom. The van der Waals surface area contributed by atoms with Crippen molar-refractivity contribution < 1.29 is 16.8 Å². The third-order valence-electron chi connectivity index (χ3n) is 3.04. The van der Waals surface area contributed by atoms with E-state index in [4.69, 9.17) is 23.2 Å². The van der Waals surface area contributed by atoms with E-state index in [1.807, 2.05) is 0 Å². The summed E-state index contributed by atoms with van der Waals surface area (Å²) in [6.45, 7) is 0. The second-order valence-corrected chi connectivity index (χ2v) is 12.1. The molecule has 0 saturated carbocycles. The zero-order valence-corrected chi connectivity index (χ0v) is 17.4. The van der Waals surface area contributed by atoms with Gasteiger partial charge in [0.2, 0.25) is 0 Å². The number of hydrogen-bond donors (Lipinski definition) is 2. The molecule has 0 fully saturated rings. The lowest BCUT2D eigenvalue weighted by Crippen LogP contribution is -2.16. The van der Waals surface area contributed by atoms with Crippen LogP contribution in [0, 0.1) is 0 Å². The predicted octanol–water partition coefficient (Wildman–Crippen LogP) is 4.72. The summed E-state index contributed by atoms with van der Waals surface area (Å²) >= 11 is 13.4. The third kappa shape index (κ3) is 4.33. The zero-order valence-electron chi connectivity index (χ0n) is 12.6. The van der Waals surface area contributed by atoms with Crippen molar-refractivity contribution in [3.8, 4) is 0 Å². The fraction of sp³-hybridized carbons (Fsp3) is 0. The van der Waals surface area contributed by atoms with E-state index >= 15 is 0 Å². The summed E-state index contributed by atoms with van der Waals surface area (Å²) in [7, 11) is -7.80. The summed E-state index contributed by atoms with van der Waals surface area (Å²) in [6.07, 6.45) is 0. The Bertz CT molecular complexity index is 1060. The molecule has 0 bridgehead atoms. The highest BCUT2D eigenvalue weighted by Crippen LogP contribution is 2.32. The molecule has 2 aromatic heterocycles. The molecular weight excluding hydrogens is 459 g/mol. The number of benzene rings is 1. The predicted molar refractivity (Wildman–Crippen MR) is 107 cm³/mol. The molecule has 0 aliphatic heterocycles. The van der Waals surface area contributed by atoms with Crippen LogP contribution < -0.4 is 9.44 Å². The Hall–Kier alpha value is -1.30. The average molecular weight is 469 g/mol. The smallest absolute Gasteiger partial charge is 0.271 e. The summed E-state index contributed by atoms with van der Waals surface area (Å²) in [5.41, 5.74) is 0.173. The maximum absolute atomic E-state index is 12.5. The van der Waals surface area contributed by atoms with Crippen LogP contribution in [0.2, 0.25) is 8.67 Å². The molecule has 0 unspecified atom stereocenters. The average Bonchev–Trinajstić information content (AvgIpc) is 3.18. The number of nitrogens with one attached hydrogen (secondary N) is 2. The minimum absolute atomic E-state index is 0.0187. The fourth-order valence-electron chi connectivity index (χ4n) is 1.94. The van der Waals surface area contributed by atoms with Crippen LogP contribution in [0.1, 0.15) is 0 Å². The lowest BCUT2D eigenvalue weighted by Gasteiger charge is -2.13. The van der Waals surface area contributed by atoms with Crippen molar-refractivity contribution >= 4 is 77.3 Å². The second kappa shape index (κ2) is 7.37. The number of hydrogen-bond acceptors (Lipinski definition) is 6. The van der Waals surface area contributed by atoms with Crippen molar-refractivity contribution in [3.05, 3.63) is 57.2 Å². The Balaban J connectivity index is 1.92. The van der Waals surface area contributed by atoms with Gasteiger partial charge in [-0.2, -0.15) is 0 Å². The number of halogens is 2. The van der Waals surface area contributed by atoms with Crippen LogP contribution >= 0.6 is 45.9 Å². The van der Waals surface area contributed by atoms with Gasteiger partial charge < -0.3 is 0 Å². The monoisotopic (exact) mass is 468 g/mol. The van der Waals surface area contributed by atoms with Crippen molar-refractivity contribution in [2.75, 3.05) is 9.44 Å². The largest absolute Gasteiger partial charge is 0.277 e. The maximum Gasteiger partial charge on any atom is 0.271 e. The molecule has 0 atom stereocenters. The van der Waals surface area contributed by atoms with Crippen LogP contribution in [0.25, 0.3) is 0 Å². The van der Waals surface area contributed by atoms with Gasteiger partial charge in [-0.1, -0.05) is 35.3 Å². The summed E-state index contributed by atoms with van der Waals surface area (Å²) < 4.78 is 55.2. The highest BCUT2D eigenvalue weighted by molar-refractivity contribution is 7.95. The van der Waals surface area contributed by atoms with Gasteiger partial charge in [0.25, 0.3) is 20.0 Å². The van der Waals surface area contributed by atoms with Gasteiger partial charge in [-0.15, -0.1) is 22.7 Å². The van der Waals surface area contributed by atoms with E-state index in [0.717, 1.165) is 22.7 Å². The van der Waals surface area contributed by atoms with E-state index in [1.165, 1.54) is 36.4 Å². The highest BCUT2D eigenvalue weighted by Gasteiger charge is 2.21. The maximum atomic E-state index is 12.5. The fourth-order valence-corrected chi connectivity index (χ4v) is 7.06. The molecule has 2 heterocycles. The Morgan fingerprint density at radius 3 is 1.35 bits per heavy atom. The quantitative estimate of drug-likeness (QED) is 0.547. The first-order valence-corrected chi connectivity index (χ1v) is 12.2. The van der Waals surface area contributed by atoms with Gasteiger partial charge in [0.1, 0.15) is 8.42 Å². The molecule has 1 aromatic carbocycles. The topological polar surface area (TPSA) is 92.3 Å². The first-order chi connectivity index (χ1) is 12.2. The van der Waals surface area contributed by atoms with Gasteiger partial charge in [-0.05, 0) is 36.4 Å². The van der Waals surface area contributed by atoms with Crippen molar-refractivity contribution in [2.45, 2.75) is 8.42 Å². The first kappa shape index (κ1) is 19.5. The summed E-state index contributed by atoms with van der Waals surface area (Å²) in [4.78, 5) is 0. The Morgan fingerprint density at radius 1 is 0.654 bits per heavy atom. The standard InChI is InChI=1S/C14H10Cl2N2O4S4/c15-11-5-7-13(23-11)25(19,20)17-9-3-1-2-4-10(9)18-26(21,22)14-8-6-12(16)24-14/h1-8,17-18H. The van der Waals surface area contributed by atoms with Crippen molar-refractivity contribution in [1.82, 2.24) is 0 Å². The number of rotatable bonds is 6. The molecule has 0 aliphatic carbocycles. The minimum Gasteiger partial charge on any atom is -0.277 e. The van der Waals surface area contributed by atoms with Crippen LogP contribution in [-0.4, -0.2) is 16.8 Å². The SMILES string of the molecule is O=S(=O)(Nc1ccccc1NS(=O)(=O)c1ccc(Cl)s1)c1ccc(Cl)s1. The van der Waals surface area contributed by atoms with Gasteiger partial charge in [-0.25, -0.2) is 16.8 Å². The number of anilines is 2. The molecule has 12 heteroatoms. The van der Waals surface area contributed by atoms with E-state index in [0.29, 0.717) is 8.67 Å². The molecule has 0 aliphatic rings. The molecule has 6 nitrogen and oxygen atoms in total. The molecule has 2 N–H and O–H groups in total. The van der Waals surface area contributed by atoms with E-state index in [9.17, 15) is 16.8 Å². The number of sulfonamides is 2. The molecule has 138 valence electrons. The second-order valence-electron chi connectivity index (χ2n) is 4.87. The van der Waals surface area contributed by atoms with Gasteiger partial charge in [-0.3, -0.25) is 9.44 Å². The van der Waals surface area contributed by atoms with Crippen molar-refractivity contribution in [3.63, 3.8) is 0 Å². The Kier molecular flexibility index (Phi) is 5.52. The lowest BCUT2D eigenvalue weighted by atomic mass is 10.3. The first-order valence-electron chi connectivity index (χ1n) is 6.83. The third-order valence-corrected chi connectivity index (χ3v) is 9.22. The molecule has 0 amide bonds. The number of para-hydroxylation sites is 2. The van der Waals surface area contributed by atoms with E-state index in [-0.39, 0.29) is 19.8 Å². The molecule has 26 heavy (non-hydrogen) atoms. The summed E-state index contributed by atoms with van der Waals surface area (Å²) in [5, 5.41) is 0. The van der Waals surface area contributed by atoms with Gasteiger partial charge in [0, 0.05) is 0 Å². The Labute approximate surface area is 168 Å². The molecule has 3 aromatic rings. The van der Waals surface area contributed by atoms with Crippen molar-refractivity contribution in [2.24, 2.45) is 0 Å². The van der Waals surface area contributed by atoms with Gasteiger partial charge in [0.15, 0.2) is 0 Å². The lowest BCUT2D eigenvalue weighted by molar-refractivity contribution is 0.601. The molecule has 0 spiro atoms. The zero-order chi connectivity index (χ0) is 18.9. The molecule has 0 radical (unpaired) electrons. The van der Waals surface area contributed by atoms with Crippen LogP contribution in [0.4, 0.5) is 11.4 Å². The van der Waals surface area contributed by atoms with Crippen LogP contribution in [-0.2, 0) is 20.0 Å². The van der Waals surface area contributed by atoms with Gasteiger partial charge >= 0.3 is 0 Å². The van der Waals surface area contributed by atoms with E-state index in [2.05, 4.69) is 9.44 Å². The van der Waals surface area contributed by atoms with E-state index < -0.39 is 20.0 Å². The van der Waals surface area contributed by atoms with Crippen LogP contribution in [0.5, 0.6) is 0 Å². The highest BCUT2D eigenvalue weighted by atomic mass is 35.5. The van der Waals surface area contributed by atoms with E-state index in [1.54, 1.807) is 12.1 Å². The van der Waals surface area contributed by atoms with Crippen LogP contribution in [0.3, 0.4) is 0 Å².